The van der Waals surface area contributed by atoms with Crippen LogP contribution in [0.4, 0.5) is 5.69 Å². The SMILES string of the molecule is CCO/C=N/c1ccc(Oc2ccn(-c3ccc(C#N)cc3)n2)cc1C. The van der Waals surface area contributed by atoms with E-state index in [-0.39, 0.29) is 0 Å². The zero-order valence-electron chi connectivity index (χ0n) is 14.6. The highest BCUT2D eigenvalue weighted by atomic mass is 16.5. The number of rotatable bonds is 6. The minimum absolute atomic E-state index is 0.485. The molecule has 6 heteroatoms. The molecule has 0 aliphatic heterocycles. The van der Waals surface area contributed by atoms with E-state index in [9.17, 15) is 0 Å². The molecular formula is C20H18N4O2. The van der Waals surface area contributed by atoms with Gasteiger partial charge in [-0.25, -0.2) is 9.67 Å². The van der Waals surface area contributed by atoms with Crippen LogP contribution >= 0.6 is 0 Å². The summed E-state index contributed by atoms with van der Waals surface area (Å²) in [7, 11) is 0. The highest BCUT2D eigenvalue weighted by molar-refractivity contribution is 5.59. The first kappa shape index (κ1) is 17.2. The van der Waals surface area contributed by atoms with Gasteiger partial charge in [-0.15, -0.1) is 5.10 Å². The Morgan fingerprint density at radius 3 is 2.69 bits per heavy atom. The van der Waals surface area contributed by atoms with Gasteiger partial charge in [-0.1, -0.05) is 0 Å². The molecule has 130 valence electrons. The molecule has 0 saturated carbocycles. The highest BCUT2D eigenvalue weighted by Crippen LogP contribution is 2.27. The zero-order chi connectivity index (χ0) is 18.4. The van der Waals surface area contributed by atoms with Crippen LogP contribution in [0.5, 0.6) is 11.6 Å². The second-order valence-electron chi connectivity index (χ2n) is 5.50. The van der Waals surface area contributed by atoms with E-state index in [1.165, 1.54) is 6.40 Å². The Morgan fingerprint density at radius 2 is 2.00 bits per heavy atom. The molecular weight excluding hydrogens is 328 g/mol. The van der Waals surface area contributed by atoms with Crippen LogP contribution in [0.25, 0.3) is 5.69 Å². The Labute approximate surface area is 151 Å². The lowest BCUT2D eigenvalue weighted by Crippen LogP contribution is -1.95. The van der Waals surface area contributed by atoms with Crippen LogP contribution in [0.15, 0.2) is 59.7 Å². The quantitative estimate of drug-likeness (QED) is 0.485. The van der Waals surface area contributed by atoms with Crippen LogP contribution in [0.1, 0.15) is 18.1 Å². The van der Waals surface area contributed by atoms with E-state index in [0.717, 1.165) is 16.9 Å². The van der Waals surface area contributed by atoms with Gasteiger partial charge in [0.2, 0.25) is 5.88 Å². The van der Waals surface area contributed by atoms with E-state index in [0.29, 0.717) is 23.8 Å². The third-order valence-electron chi connectivity index (χ3n) is 3.65. The third-order valence-corrected chi connectivity index (χ3v) is 3.65. The van der Waals surface area contributed by atoms with Crippen LogP contribution < -0.4 is 4.74 Å². The first-order valence-electron chi connectivity index (χ1n) is 8.18. The first-order chi connectivity index (χ1) is 12.7. The summed E-state index contributed by atoms with van der Waals surface area (Å²) < 4.78 is 12.6. The maximum atomic E-state index is 8.86. The van der Waals surface area contributed by atoms with Crippen LogP contribution in [-0.4, -0.2) is 22.8 Å². The van der Waals surface area contributed by atoms with E-state index < -0.39 is 0 Å². The number of nitriles is 1. The number of hydrogen-bond acceptors (Lipinski definition) is 5. The molecule has 0 saturated heterocycles. The number of aromatic nitrogens is 2. The standard InChI is InChI=1S/C20H18N4O2/c1-3-25-14-22-19-9-8-18(12-15(19)2)26-20-10-11-24(23-20)17-6-4-16(13-21)5-7-17/h4-12,14H,3H2,1-2H3/b22-14+. The summed E-state index contributed by atoms with van der Waals surface area (Å²) >= 11 is 0. The predicted octanol–water partition coefficient (Wildman–Crippen LogP) is 4.54. The second-order valence-corrected chi connectivity index (χ2v) is 5.50. The van der Waals surface area contributed by atoms with E-state index >= 15 is 0 Å². The molecule has 0 radical (unpaired) electrons. The molecule has 0 fully saturated rings. The normalized spacial score (nSPS) is 10.7. The Bertz CT molecular complexity index is 953. The van der Waals surface area contributed by atoms with Crippen molar-refractivity contribution in [1.29, 1.82) is 5.26 Å². The summed E-state index contributed by atoms with van der Waals surface area (Å²) in [5.41, 5.74) is 3.27. The fraction of sp³-hybridized carbons (Fsp3) is 0.150. The molecule has 1 heterocycles. The largest absolute Gasteiger partial charge is 0.483 e. The van der Waals surface area contributed by atoms with Gasteiger partial charge in [-0.3, -0.25) is 0 Å². The smallest absolute Gasteiger partial charge is 0.238 e. The van der Waals surface area contributed by atoms with Gasteiger partial charge in [0.15, 0.2) is 6.40 Å². The van der Waals surface area contributed by atoms with Crippen molar-refractivity contribution in [3.05, 3.63) is 65.9 Å². The molecule has 3 aromatic rings. The van der Waals surface area contributed by atoms with Gasteiger partial charge in [-0.05, 0) is 61.9 Å². The van der Waals surface area contributed by atoms with Gasteiger partial charge in [0.1, 0.15) is 5.75 Å². The van der Waals surface area contributed by atoms with Gasteiger partial charge >= 0.3 is 0 Å². The van der Waals surface area contributed by atoms with E-state index in [2.05, 4.69) is 16.2 Å². The minimum atomic E-state index is 0.485. The number of benzene rings is 2. The van der Waals surface area contributed by atoms with E-state index in [1.807, 2.05) is 50.4 Å². The van der Waals surface area contributed by atoms with Gasteiger partial charge in [-0.2, -0.15) is 5.26 Å². The highest BCUT2D eigenvalue weighted by Gasteiger charge is 2.05. The summed E-state index contributed by atoms with van der Waals surface area (Å²) in [4.78, 5) is 4.26. The molecule has 2 aromatic carbocycles. The molecule has 0 amide bonds. The predicted molar refractivity (Wildman–Crippen MR) is 99.3 cm³/mol. The van der Waals surface area contributed by atoms with Crippen molar-refractivity contribution in [3.8, 4) is 23.4 Å². The van der Waals surface area contributed by atoms with Crippen molar-refractivity contribution in [2.24, 2.45) is 4.99 Å². The third kappa shape index (κ3) is 4.08. The molecule has 0 spiro atoms. The van der Waals surface area contributed by atoms with Gasteiger partial charge < -0.3 is 9.47 Å². The second kappa shape index (κ2) is 7.99. The van der Waals surface area contributed by atoms with Crippen molar-refractivity contribution < 1.29 is 9.47 Å². The molecule has 26 heavy (non-hydrogen) atoms. The molecule has 6 nitrogen and oxygen atoms in total. The summed E-state index contributed by atoms with van der Waals surface area (Å²) in [6.07, 6.45) is 3.26. The van der Waals surface area contributed by atoms with Crippen molar-refractivity contribution in [2.75, 3.05) is 6.61 Å². The van der Waals surface area contributed by atoms with Crippen LogP contribution in [0.3, 0.4) is 0 Å². The maximum absolute atomic E-state index is 8.86. The van der Waals surface area contributed by atoms with Gasteiger partial charge in [0.05, 0.1) is 29.6 Å². The van der Waals surface area contributed by atoms with Crippen molar-refractivity contribution in [2.45, 2.75) is 13.8 Å². The van der Waals surface area contributed by atoms with Crippen molar-refractivity contribution >= 4 is 12.1 Å². The molecule has 0 aliphatic carbocycles. The Kier molecular flexibility index (Phi) is 5.30. The fourth-order valence-electron chi connectivity index (χ4n) is 2.32. The van der Waals surface area contributed by atoms with Crippen LogP contribution in [0.2, 0.25) is 0 Å². The average Bonchev–Trinajstić information content (AvgIpc) is 3.12. The van der Waals surface area contributed by atoms with Crippen LogP contribution in [-0.2, 0) is 4.74 Å². The lowest BCUT2D eigenvalue weighted by molar-refractivity contribution is 0.344. The summed E-state index contributed by atoms with van der Waals surface area (Å²) in [5, 5.41) is 13.3. The number of nitrogens with zero attached hydrogens (tertiary/aromatic N) is 4. The number of hydrogen-bond donors (Lipinski definition) is 0. The van der Waals surface area contributed by atoms with Gasteiger partial charge in [0.25, 0.3) is 0 Å². The molecule has 0 bridgehead atoms. The molecule has 1 aromatic heterocycles. The average molecular weight is 346 g/mol. The van der Waals surface area contributed by atoms with E-state index in [1.54, 1.807) is 22.9 Å². The fourth-order valence-corrected chi connectivity index (χ4v) is 2.32. The number of aryl methyl sites for hydroxylation is 1. The topological polar surface area (TPSA) is 72.4 Å². The molecule has 0 N–H and O–H groups in total. The summed E-state index contributed by atoms with van der Waals surface area (Å²) in [5.74, 6) is 1.17. The lowest BCUT2D eigenvalue weighted by atomic mass is 10.2. The summed E-state index contributed by atoms with van der Waals surface area (Å²) in [6, 6.07) is 16.7. The number of aliphatic imine (C=N–C) groups is 1. The Hall–Kier alpha value is -3.59. The maximum Gasteiger partial charge on any atom is 0.238 e. The zero-order valence-corrected chi connectivity index (χ0v) is 14.6. The minimum Gasteiger partial charge on any atom is -0.483 e. The van der Waals surface area contributed by atoms with E-state index in [4.69, 9.17) is 14.7 Å². The van der Waals surface area contributed by atoms with Crippen molar-refractivity contribution in [3.63, 3.8) is 0 Å². The first-order valence-corrected chi connectivity index (χ1v) is 8.18. The number of ether oxygens (including phenoxy) is 2. The lowest BCUT2D eigenvalue weighted by Gasteiger charge is -2.06. The monoisotopic (exact) mass is 346 g/mol. The Morgan fingerprint density at radius 1 is 1.19 bits per heavy atom. The molecule has 3 rings (SSSR count). The van der Waals surface area contributed by atoms with Crippen molar-refractivity contribution in [1.82, 2.24) is 9.78 Å². The van der Waals surface area contributed by atoms with Crippen LogP contribution in [0, 0.1) is 18.3 Å². The van der Waals surface area contributed by atoms with Gasteiger partial charge in [0, 0.05) is 12.3 Å². The molecule has 0 unspecified atom stereocenters. The molecule has 0 aliphatic rings. The Balaban J connectivity index is 1.72. The molecule has 0 atom stereocenters. The summed E-state index contributed by atoms with van der Waals surface area (Å²) in [6.45, 7) is 4.46.